The van der Waals surface area contributed by atoms with Crippen molar-refractivity contribution in [2.75, 3.05) is 13.2 Å². The van der Waals surface area contributed by atoms with Crippen molar-refractivity contribution in [3.05, 3.63) is 0 Å². The van der Waals surface area contributed by atoms with Gasteiger partial charge in [-0.15, -0.1) is 0 Å². The third-order valence-corrected chi connectivity index (χ3v) is 5.15. The lowest BCUT2D eigenvalue weighted by Gasteiger charge is -2.22. The highest BCUT2D eigenvalue weighted by atomic mass is 16.7. The van der Waals surface area contributed by atoms with Gasteiger partial charge in [-0.25, -0.2) is 0 Å². The van der Waals surface area contributed by atoms with E-state index in [-0.39, 0.29) is 24.6 Å². The van der Waals surface area contributed by atoms with Crippen LogP contribution in [0.5, 0.6) is 0 Å². The van der Waals surface area contributed by atoms with Gasteiger partial charge in [0.25, 0.3) is 0 Å². The normalized spacial score (nSPS) is 20.2. The summed E-state index contributed by atoms with van der Waals surface area (Å²) in [5, 5.41) is 0. The number of ether oxygens (including phenoxy) is 3. The standard InChI is InChI=1S/C21H38O5/c1-4-15-21(17-18(22)26-20(21)23)16-13-11-9-7-8-10-12-14-19(24-5-2)25-6-3/h19H,4-17H2,1-3H3. The molecule has 0 spiro atoms. The molecule has 1 atom stereocenters. The lowest BCUT2D eigenvalue weighted by Crippen LogP contribution is -2.26. The van der Waals surface area contributed by atoms with Crippen molar-refractivity contribution < 1.29 is 23.8 Å². The highest BCUT2D eigenvalue weighted by molar-refractivity contribution is 5.97. The number of esters is 2. The molecule has 5 nitrogen and oxygen atoms in total. The number of carbonyl (C=O) groups is 2. The largest absolute Gasteiger partial charge is 0.393 e. The summed E-state index contributed by atoms with van der Waals surface area (Å²) in [6.07, 6.45) is 11.8. The summed E-state index contributed by atoms with van der Waals surface area (Å²) in [6, 6.07) is 0. The molecule has 0 amide bonds. The molecule has 152 valence electrons. The number of unbranched alkanes of at least 4 members (excludes halogenated alkanes) is 6. The van der Waals surface area contributed by atoms with Crippen molar-refractivity contribution in [1.29, 1.82) is 0 Å². The van der Waals surface area contributed by atoms with Gasteiger partial charge in [0.2, 0.25) is 0 Å². The molecule has 0 aromatic heterocycles. The van der Waals surface area contributed by atoms with Gasteiger partial charge in [0, 0.05) is 13.2 Å². The first-order valence-electron chi connectivity index (χ1n) is 10.6. The van der Waals surface area contributed by atoms with E-state index in [1.807, 2.05) is 13.8 Å². The maximum atomic E-state index is 12.0. The number of carbonyl (C=O) groups excluding carboxylic acids is 2. The summed E-state index contributed by atoms with van der Waals surface area (Å²) >= 11 is 0. The van der Waals surface area contributed by atoms with E-state index in [4.69, 9.17) is 14.2 Å². The van der Waals surface area contributed by atoms with Gasteiger partial charge in [0.05, 0.1) is 11.8 Å². The van der Waals surface area contributed by atoms with Crippen LogP contribution in [0.1, 0.15) is 97.8 Å². The molecule has 0 bridgehead atoms. The van der Waals surface area contributed by atoms with E-state index in [9.17, 15) is 9.59 Å². The average molecular weight is 371 g/mol. The first-order valence-corrected chi connectivity index (χ1v) is 10.6. The van der Waals surface area contributed by atoms with Crippen molar-refractivity contribution in [3.63, 3.8) is 0 Å². The van der Waals surface area contributed by atoms with Crippen LogP contribution in [0.4, 0.5) is 0 Å². The second-order valence-corrected chi connectivity index (χ2v) is 7.32. The van der Waals surface area contributed by atoms with Crippen molar-refractivity contribution in [2.24, 2.45) is 5.41 Å². The lowest BCUT2D eigenvalue weighted by molar-refractivity contribution is -0.155. The molecular formula is C21H38O5. The third-order valence-electron chi connectivity index (χ3n) is 5.15. The van der Waals surface area contributed by atoms with E-state index in [1.54, 1.807) is 0 Å². The summed E-state index contributed by atoms with van der Waals surface area (Å²) < 4.78 is 15.9. The van der Waals surface area contributed by atoms with Crippen molar-refractivity contribution in [3.8, 4) is 0 Å². The van der Waals surface area contributed by atoms with Crippen molar-refractivity contribution in [2.45, 2.75) is 104 Å². The zero-order chi connectivity index (χ0) is 19.3. The fourth-order valence-electron chi connectivity index (χ4n) is 3.83. The van der Waals surface area contributed by atoms with Crippen LogP contribution in [0.25, 0.3) is 0 Å². The van der Waals surface area contributed by atoms with E-state index in [0.29, 0.717) is 13.2 Å². The lowest BCUT2D eigenvalue weighted by atomic mass is 9.77. The van der Waals surface area contributed by atoms with Gasteiger partial charge in [0.1, 0.15) is 0 Å². The van der Waals surface area contributed by atoms with E-state index in [1.165, 1.54) is 25.7 Å². The molecule has 1 heterocycles. The molecule has 1 saturated heterocycles. The molecule has 1 unspecified atom stereocenters. The Morgan fingerprint density at radius 1 is 0.885 bits per heavy atom. The molecule has 0 aromatic rings. The topological polar surface area (TPSA) is 61.8 Å². The summed E-state index contributed by atoms with van der Waals surface area (Å²) in [5.74, 6) is -0.636. The molecule has 0 saturated carbocycles. The van der Waals surface area contributed by atoms with Crippen molar-refractivity contribution in [1.82, 2.24) is 0 Å². The van der Waals surface area contributed by atoms with Crippen LogP contribution < -0.4 is 0 Å². The minimum atomic E-state index is -0.528. The summed E-state index contributed by atoms with van der Waals surface area (Å²) in [4.78, 5) is 23.5. The molecular weight excluding hydrogens is 332 g/mol. The minimum Gasteiger partial charge on any atom is -0.393 e. The highest BCUT2D eigenvalue weighted by Gasteiger charge is 2.47. The van der Waals surface area contributed by atoms with Crippen LogP contribution in [-0.2, 0) is 23.8 Å². The zero-order valence-electron chi connectivity index (χ0n) is 17.0. The maximum Gasteiger partial charge on any atom is 0.320 e. The van der Waals surface area contributed by atoms with Gasteiger partial charge >= 0.3 is 11.9 Å². The Hall–Kier alpha value is -0.940. The van der Waals surface area contributed by atoms with Gasteiger partial charge < -0.3 is 14.2 Å². The first-order chi connectivity index (χ1) is 12.6. The molecule has 1 rings (SSSR count). The third kappa shape index (κ3) is 8.17. The molecule has 1 aliphatic heterocycles. The predicted molar refractivity (Wildman–Crippen MR) is 102 cm³/mol. The molecule has 0 aromatic carbocycles. The van der Waals surface area contributed by atoms with Gasteiger partial charge in [-0.2, -0.15) is 0 Å². The summed E-state index contributed by atoms with van der Waals surface area (Å²) in [7, 11) is 0. The molecule has 0 N–H and O–H groups in total. The first kappa shape index (κ1) is 23.1. The van der Waals surface area contributed by atoms with Gasteiger partial charge in [-0.3, -0.25) is 9.59 Å². The Morgan fingerprint density at radius 2 is 1.46 bits per heavy atom. The SMILES string of the molecule is CCCC1(CCCCCCCCCC(OCC)OCC)CC(=O)OC1=O. The Labute approximate surface area is 159 Å². The van der Waals surface area contributed by atoms with Crippen LogP contribution in [0.2, 0.25) is 0 Å². The number of hydrogen-bond acceptors (Lipinski definition) is 5. The molecule has 26 heavy (non-hydrogen) atoms. The Bertz CT molecular complexity index is 403. The number of cyclic esters (lactones) is 2. The quantitative estimate of drug-likeness (QED) is 0.163. The molecule has 0 aliphatic carbocycles. The molecule has 1 aliphatic rings. The van der Waals surface area contributed by atoms with E-state index in [0.717, 1.165) is 44.9 Å². The second kappa shape index (κ2) is 13.3. The van der Waals surface area contributed by atoms with Gasteiger partial charge in [-0.1, -0.05) is 51.9 Å². The average Bonchev–Trinajstić information content (AvgIpc) is 2.87. The van der Waals surface area contributed by atoms with E-state index < -0.39 is 5.41 Å². The fraction of sp³-hybridized carbons (Fsp3) is 0.905. The maximum absolute atomic E-state index is 12.0. The molecule has 1 fully saturated rings. The number of hydrogen-bond donors (Lipinski definition) is 0. The monoisotopic (exact) mass is 370 g/mol. The van der Waals surface area contributed by atoms with Crippen molar-refractivity contribution >= 4 is 11.9 Å². The Kier molecular flexibility index (Phi) is 11.8. The van der Waals surface area contributed by atoms with Gasteiger partial charge in [-0.05, 0) is 39.5 Å². The predicted octanol–water partition coefficient (Wildman–Crippen LogP) is 5.16. The summed E-state index contributed by atoms with van der Waals surface area (Å²) in [6.45, 7) is 7.45. The second-order valence-electron chi connectivity index (χ2n) is 7.32. The van der Waals surface area contributed by atoms with E-state index >= 15 is 0 Å². The van der Waals surface area contributed by atoms with Crippen LogP contribution in [0.15, 0.2) is 0 Å². The Morgan fingerprint density at radius 3 is 1.96 bits per heavy atom. The highest BCUT2D eigenvalue weighted by Crippen LogP contribution is 2.40. The van der Waals surface area contributed by atoms with Crippen LogP contribution in [-0.4, -0.2) is 31.4 Å². The van der Waals surface area contributed by atoms with Crippen LogP contribution in [0.3, 0.4) is 0 Å². The van der Waals surface area contributed by atoms with Crippen LogP contribution in [0, 0.1) is 5.41 Å². The zero-order valence-corrected chi connectivity index (χ0v) is 17.0. The summed E-state index contributed by atoms with van der Waals surface area (Å²) in [5.41, 5.74) is -0.528. The van der Waals surface area contributed by atoms with Crippen LogP contribution >= 0.6 is 0 Å². The molecule has 0 radical (unpaired) electrons. The van der Waals surface area contributed by atoms with E-state index in [2.05, 4.69) is 6.92 Å². The number of rotatable bonds is 16. The minimum absolute atomic E-state index is 0.0476. The van der Waals surface area contributed by atoms with Gasteiger partial charge in [0.15, 0.2) is 6.29 Å². The molecule has 5 heteroatoms. The fourth-order valence-corrected chi connectivity index (χ4v) is 3.83. The smallest absolute Gasteiger partial charge is 0.320 e. The Balaban J connectivity index is 2.08.